The monoisotopic (exact) mass is 289 g/mol. The van der Waals surface area contributed by atoms with E-state index in [1.807, 2.05) is 0 Å². The number of nitrogens with one attached hydrogen (secondary N) is 1. The first kappa shape index (κ1) is 15.3. The van der Waals surface area contributed by atoms with Crippen molar-refractivity contribution in [3.05, 3.63) is 23.8 Å². The third kappa shape index (κ3) is 3.94. The minimum Gasteiger partial charge on any atom is -0.504 e. The minimum absolute atomic E-state index is 0.0608. The summed E-state index contributed by atoms with van der Waals surface area (Å²) in [7, 11) is 0. The van der Waals surface area contributed by atoms with Gasteiger partial charge in [0.25, 0.3) is 0 Å². The highest BCUT2D eigenvalue weighted by molar-refractivity contribution is 5.70. The van der Waals surface area contributed by atoms with E-state index in [9.17, 15) is 9.90 Å². The molecular formula is C15H19N3O3. The number of nitriles is 1. The number of nitrogens with zero attached hydrogens (tertiary/aromatic N) is 2. The maximum atomic E-state index is 10.9. The molecule has 1 aliphatic rings. The van der Waals surface area contributed by atoms with Gasteiger partial charge in [-0.3, -0.25) is 9.69 Å². The van der Waals surface area contributed by atoms with Crippen molar-refractivity contribution < 1.29 is 14.6 Å². The molecule has 0 bridgehead atoms. The number of phenolic OH excluding ortho intramolecular Hbond substituents is 1. The maximum absolute atomic E-state index is 10.9. The van der Waals surface area contributed by atoms with Crippen molar-refractivity contribution in [2.75, 3.05) is 26.2 Å². The molecule has 0 saturated carbocycles. The zero-order chi connectivity index (χ0) is 15.2. The zero-order valence-electron chi connectivity index (χ0n) is 12.0. The van der Waals surface area contributed by atoms with Crippen LogP contribution >= 0.6 is 0 Å². The van der Waals surface area contributed by atoms with Gasteiger partial charge in [0.2, 0.25) is 0 Å². The number of rotatable bonds is 4. The van der Waals surface area contributed by atoms with Gasteiger partial charge in [-0.1, -0.05) is 6.07 Å². The zero-order valence-corrected chi connectivity index (χ0v) is 12.0. The van der Waals surface area contributed by atoms with Gasteiger partial charge in [-0.2, -0.15) is 5.26 Å². The summed E-state index contributed by atoms with van der Waals surface area (Å²) in [6.07, 6.45) is 0.354. The van der Waals surface area contributed by atoms with Crippen LogP contribution in [0.4, 0.5) is 0 Å². The van der Waals surface area contributed by atoms with Crippen LogP contribution in [0.15, 0.2) is 18.2 Å². The largest absolute Gasteiger partial charge is 0.504 e. The molecule has 0 unspecified atom stereocenters. The lowest BCUT2D eigenvalue weighted by atomic mass is 10.0. The molecular weight excluding hydrogens is 270 g/mol. The number of carbonyl (C=O) groups is 1. The molecule has 1 aromatic rings. The van der Waals surface area contributed by atoms with E-state index in [4.69, 9.17) is 10.00 Å². The lowest BCUT2D eigenvalue weighted by Gasteiger charge is -2.34. The van der Waals surface area contributed by atoms with E-state index < -0.39 is 5.97 Å². The Morgan fingerprint density at radius 3 is 2.81 bits per heavy atom. The van der Waals surface area contributed by atoms with Gasteiger partial charge in [0.1, 0.15) is 0 Å². The molecule has 0 radical (unpaired) electrons. The van der Waals surface area contributed by atoms with Crippen molar-refractivity contribution in [3.63, 3.8) is 0 Å². The van der Waals surface area contributed by atoms with E-state index in [1.165, 1.54) is 6.92 Å². The van der Waals surface area contributed by atoms with Gasteiger partial charge in [-0.15, -0.1) is 0 Å². The van der Waals surface area contributed by atoms with Gasteiger partial charge in [0, 0.05) is 39.1 Å². The van der Waals surface area contributed by atoms with Crippen molar-refractivity contribution in [1.29, 1.82) is 5.26 Å². The Hall–Kier alpha value is -2.10. The number of benzene rings is 1. The lowest BCUT2D eigenvalue weighted by molar-refractivity contribution is -0.132. The predicted molar refractivity (Wildman–Crippen MR) is 76.8 cm³/mol. The Kier molecular flexibility index (Phi) is 5.14. The van der Waals surface area contributed by atoms with Crippen molar-refractivity contribution in [3.8, 4) is 17.6 Å². The fourth-order valence-corrected chi connectivity index (χ4v) is 2.52. The topological polar surface area (TPSA) is 85.6 Å². The highest BCUT2D eigenvalue weighted by Gasteiger charge is 2.23. The fraction of sp³-hybridized carbons (Fsp3) is 0.467. The molecule has 112 valence electrons. The fourth-order valence-electron chi connectivity index (χ4n) is 2.52. The molecule has 1 heterocycles. The van der Waals surface area contributed by atoms with Gasteiger partial charge >= 0.3 is 5.97 Å². The number of hydrogen-bond acceptors (Lipinski definition) is 6. The van der Waals surface area contributed by atoms with Crippen molar-refractivity contribution >= 4 is 5.97 Å². The third-order valence-corrected chi connectivity index (χ3v) is 3.50. The Labute approximate surface area is 123 Å². The smallest absolute Gasteiger partial charge is 0.308 e. The standard InChI is InChI=1S/C15H19N3O3/c1-11(19)21-15-3-2-12(10-14(15)20)13(4-5-16)18-8-6-17-7-9-18/h2-3,10,13,17,20H,4,6-9H2,1H3/t13-/m1/s1. The molecule has 1 atom stereocenters. The summed E-state index contributed by atoms with van der Waals surface area (Å²) in [6, 6.07) is 7.07. The second-order valence-corrected chi connectivity index (χ2v) is 4.98. The van der Waals surface area contributed by atoms with E-state index in [0.29, 0.717) is 6.42 Å². The summed E-state index contributed by atoms with van der Waals surface area (Å²) < 4.78 is 4.91. The van der Waals surface area contributed by atoms with Crippen LogP contribution in [0.2, 0.25) is 0 Å². The van der Waals surface area contributed by atoms with Gasteiger partial charge < -0.3 is 15.2 Å². The van der Waals surface area contributed by atoms with E-state index in [0.717, 1.165) is 31.7 Å². The Bertz CT molecular complexity index is 548. The average Bonchev–Trinajstić information content (AvgIpc) is 2.47. The van der Waals surface area contributed by atoms with Gasteiger partial charge in [0.05, 0.1) is 12.5 Å². The van der Waals surface area contributed by atoms with E-state index >= 15 is 0 Å². The van der Waals surface area contributed by atoms with E-state index in [2.05, 4.69) is 16.3 Å². The average molecular weight is 289 g/mol. The van der Waals surface area contributed by atoms with Crippen LogP contribution in [0.3, 0.4) is 0 Å². The molecule has 6 heteroatoms. The highest BCUT2D eigenvalue weighted by atomic mass is 16.5. The molecule has 21 heavy (non-hydrogen) atoms. The summed E-state index contributed by atoms with van der Waals surface area (Å²) in [5, 5.41) is 22.3. The van der Waals surface area contributed by atoms with Crippen LogP contribution in [0, 0.1) is 11.3 Å². The van der Waals surface area contributed by atoms with Crippen molar-refractivity contribution in [2.24, 2.45) is 0 Å². The van der Waals surface area contributed by atoms with Gasteiger partial charge in [-0.25, -0.2) is 0 Å². The molecule has 6 nitrogen and oxygen atoms in total. The molecule has 2 rings (SSSR count). The molecule has 0 aromatic heterocycles. The lowest BCUT2D eigenvalue weighted by Crippen LogP contribution is -2.45. The molecule has 1 fully saturated rings. The first-order chi connectivity index (χ1) is 10.1. The number of hydrogen-bond donors (Lipinski definition) is 2. The van der Waals surface area contributed by atoms with Crippen molar-refractivity contribution in [2.45, 2.75) is 19.4 Å². The molecule has 0 spiro atoms. The molecule has 0 aliphatic carbocycles. The van der Waals surface area contributed by atoms with Gasteiger partial charge in [0.15, 0.2) is 11.5 Å². The SMILES string of the molecule is CC(=O)Oc1ccc([C@@H](CC#N)N2CCNCC2)cc1O. The van der Waals surface area contributed by atoms with Gasteiger partial charge in [-0.05, 0) is 17.7 Å². The van der Waals surface area contributed by atoms with Crippen LogP contribution in [0.25, 0.3) is 0 Å². The van der Waals surface area contributed by atoms with Crippen LogP contribution in [0.1, 0.15) is 24.9 Å². The molecule has 0 amide bonds. The number of piperazine rings is 1. The molecule has 1 aliphatic heterocycles. The molecule has 2 N–H and O–H groups in total. The molecule has 1 saturated heterocycles. The number of phenols is 1. The summed E-state index contributed by atoms with van der Waals surface area (Å²) in [4.78, 5) is 13.2. The van der Waals surface area contributed by atoms with Crippen molar-refractivity contribution in [1.82, 2.24) is 10.2 Å². The Morgan fingerprint density at radius 1 is 1.52 bits per heavy atom. The number of aromatic hydroxyl groups is 1. The third-order valence-electron chi connectivity index (χ3n) is 3.50. The first-order valence-electron chi connectivity index (χ1n) is 6.95. The minimum atomic E-state index is -0.478. The van der Waals surface area contributed by atoms with Crippen LogP contribution in [-0.4, -0.2) is 42.2 Å². The second-order valence-electron chi connectivity index (χ2n) is 4.98. The van der Waals surface area contributed by atoms with Crippen LogP contribution in [0.5, 0.6) is 11.5 Å². The molecule has 1 aromatic carbocycles. The van der Waals surface area contributed by atoms with E-state index in [1.54, 1.807) is 18.2 Å². The first-order valence-corrected chi connectivity index (χ1v) is 6.95. The highest BCUT2D eigenvalue weighted by Crippen LogP contribution is 2.32. The Balaban J connectivity index is 2.22. The summed E-state index contributed by atoms with van der Waals surface area (Å²) >= 11 is 0. The summed E-state index contributed by atoms with van der Waals surface area (Å²) in [6.45, 7) is 4.78. The maximum Gasteiger partial charge on any atom is 0.308 e. The summed E-state index contributed by atoms with van der Waals surface area (Å²) in [5.41, 5.74) is 0.854. The van der Waals surface area contributed by atoms with Crippen LogP contribution < -0.4 is 10.1 Å². The second kappa shape index (κ2) is 7.07. The quantitative estimate of drug-likeness (QED) is 0.639. The normalized spacial score (nSPS) is 17.0. The number of esters is 1. The van der Waals surface area contributed by atoms with Crippen LogP contribution in [-0.2, 0) is 4.79 Å². The summed E-state index contributed by atoms with van der Waals surface area (Å²) in [5.74, 6) is -0.420. The predicted octanol–water partition coefficient (Wildman–Crippen LogP) is 1.18. The Morgan fingerprint density at radius 2 is 2.24 bits per heavy atom. The number of ether oxygens (including phenoxy) is 1. The number of carbonyl (C=O) groups excluding carboxylic acids is 1. The van der Waals surface area contributed by atoms with E-state index in [-0.39, 0.29) is 17.5 Å².